The van der Waals surface area contributed by atoms with Crippen LogP contribution in [-0.2, 0) is 4.79 Å². The Morgan fingerprint density at radius 3 is 2.32 bits per heavy atom. The highest BCUT2D eigenvalue weighted by molar-refractivity contribution is 6.30. The highest BCUT2D eigenvalue weighted by Crippen LogP contribution is 2.42. The van der Waals surface area contributed by atoms with Crippen LogP contribution < -0.4 is 4.90 Å². The molecule has 2 aromatic carbocycles. The Bertz CT molecular complexity index is 1270. The predicted molar refractivity (Wildman–Crippen MR) is 135 cm³/mol. The second kappa shape index (κ2) is 10.5. The van der Waals surface area contributed by atoms with Gasteiger partial charge in [0.1, 0.15) is 5.82 Å². The van der Waals surface area contributed by atoms with Gasteiger partial charge in [0.2, 0.25) is 5.91 Å². The van der Waals surface area contributed by atoms with E-state index in [9.17, 15) is 27.2 Å². The van der Waals surface area contributed by atoms with Crippen LogP contribution in [0.25, 0.3) is 0 Å². The topological polar surface area (TPSA) is 40.6 Å². The van der Waals surface area contributed by atoms with Crippen LogP contribution in [0.4, 0.5) is 23.2 Å². The molecule has 0 spiro atoms. The number of allylic oxidation sites excluding steroid dienone is 4. The summed E-state index contributed by atoms with van der Waals surface area (Å²) in [4.78, 5) is 29.7. The molecule has 1 fully saturated rings. The van der Waals surface area contributed by atoms with Crippen molar-refractivity contribution in [1.82, 2.24) is 4.90 Å². The summed E-state index contributed by atoms with van der Waals surface area (Å²) in [5, 5.41) is 0.481. The first-order chi connectivity index (χ1) is 17.5. The number of amides is 2. The van der Waals surface area contributed by atoms with E-state index in [1.165, 1.54) is 23.1 Å². The predicted octanol–water partition coefficient (Wildman–Crippen LogP) is 7.08. The number of carbonyl (C=O) groups is 2. The zero-order chi connectivity index (χ0) is 26.9. The third-order valence-corrected chi connectivity index (χ3v) is 6.85. The van der Waals surface area contributed by atoms with Crippen LogP contribution in [0.3, 0.4) is 0 Å². The molecule has 3 unspecified atom stereocenters. The zero-order valence-corrected chi connectivity index (χ0v) is 20.9. The molecule has 9 heteroatoms. The summed E-state index contributed by atoms with van der Waals surface area (Å²) in [6.07, 6.45) is 0.673. The first kappa shape index (κ1) is 26.7. The summed E-state index contributed by atoms with van der Waals surface area (Å²) in [7, 11) is 0. The van der Waals surface area contributed by atoms with E-state index in [0.717, 1.165) is 24.3 Å². The molecule has 3 atom stereocenters. The smallest absolute Gasteiger partial charge is 0.309 e. The van der Waals surface area contributed by atoms with Gasteiger partial charge in [-0.3, -0.25) is 9.59 Å². The van der Waals surface area contributed by atoms with Gasteiger partial charge in [-0.1, -0.05) is 36.8 Å². The number of halogens is 5. The number of piperidine rings is 1. The summed E-state index contributed by atoms with van der Waals surface area (Å²) >= 11 is 6.05. The van der Waals surface area contributed by atoms with Crippen molar-refractivity contribution in [3.8, 4) is 0 Å². The second-order valence-corrected chi connectivity index (χ2v) is 9.46. The lowest BCUT2D eigenvalue weighted by atomic mass is 9.82. The molecular formula is C28H25ClF4N2O2. The van der Waals surface area contributed by atoms with E-state index in [-0.39, 0.29) is 23.6 Å². The number of likely N-dealkylation sites (tertiary alicyclic amines) is 1. The van der Waals surface area contributed by atoms with Gasteiger partial charge >= 0.3 is 6.18 Å². The van der Waals surface area contributed by atoms with Crippen molar-refractivity contribution in [2.24, 2.45) is 5.92 Å². The molecule has 0 saturated carbocycles. The summed E-state index contributed by atoms with van der Waals surface area (Å²) in [6.45, 7) is 3.44. The molecule has 1 saturated heterocycles. The molecule has 194 valence electrons. The van der Waals surface area contributed by atoms with Crippen LogP contribution in [0.5, 0.6) is 0 Å². The highest BCUT2D eigenvalue weighted by atomic mass is 35.5. The van der Waals surface area contributed by atoms with Crippen LogP contribution in [0, 0.1) is 11.7 Å². The number of benzene rings is 2. The first-order valence-corrected chi connectivity index (χ1v) is 12.2. The number of alkyl halides is 3. The van der Waals surface area contributed by atoms with Gasteiger partial charge in [0.05, 0.1) is 11.6 Å². The number of rotatable bonds is 4. The molecule has 2 amide bonds. The van der Waals surface area contributed by atoms with Crippen molar-refractivity contribution in [2.75, 3.05) is 4.90 Å². The number of hydrogen-bond donors (Lipinski definition) is 0. The van der Waals surface area contributed by atoms with E-state index >= 15 is 0 Å². The molecular weight excluding hydrogens is 508 g/mol. The Morgan fingerprint density at radius 2 is 1.73 bits per heavy atom. The van der Waals surface area contributed by atoms with E-state index in [4.69, 9.17) is 11.6 Å². The molecule has 0 radical (unpaired) electrons. The minimum absolute atomic E-state index is 0.123. The van der Waals surface area contributed by atoms with Gasteiger partial charge in [-0.05, 0) is 68.0 Å². The standard InChI is InChI=1S/C28H25ClF4N2O2/c1-3-26(36)35(22-13-9-20(29)10-14-22)24-15-17(2)34(27(37)18-7-11-21(30)12-8-18)25-16-19(28(31,32)33)5-4-6-23(24)25/h4-14,16-17,23-24H,3,15H2,1-2H3. The van der Waals surface area contributed by atoms with Gasteiger partial charge in [0.25, 0.3) is 5.91 Å². The van der Waals surface area contributed by atoms with E-state index in [1.54, 1.807) is 49.1 Å². The molecule has 4 nitrogen and oxygen atoms in total. The van der Waals surface area contributed by atoms with Crippen molar-refractivity contribution < 1.29 is 27.2 Å². The lowest BCUT2D eigenvalue weighted by Gasteiger charge is -2.48. The van der Waals surface area contributed by atoms with Gasteiger partial charge in [-0.15, -0.1) is 0 Å². The Kier molecular flexibility index (Phi) is 7.59. The molecule has 1 aliphatic heterocycles. The van der Waals surface area contributed by atoms with Crippen LogP contribution in [0.15, 0.2) is 84.1 Å². The third-order valence-electron chi connectivity index (χ3n) is 6.60. The fourth-order valence-corrected chi connectivity index (χ4v) is 5.00. The van der Waals surface area contributed by atoms with Crippen molar-refractivity contribution in [2.45, 2.75) is 44.9 Å². The van der Waals surface area contributed by atoms with E-state index in [1.807, 2.05) is 0 Å². The van der Waals surface area contributed by atoms with Crippen molar-refractivity contribution in [3.63, 3.8) is 0 Å². The molecule has 1 aliphatic carbocycles. The SMILES string of the molecule is CCC(=O)N(c1ccc(Cl)cc1)C1CC(C)N(C(=O)c2ccc(F)cc2)C2=CC(C(F)(F)F)=CC=CC21. The quantitative estimate of drug-likeness (QED) is 0.395. The van der Waals surface area contributed by atoms with E-state index < -0.39 is 41.5 Å². The summed E-state index contributed by atoms with van der Waals surface area (Å²) < 4.78 is 55.0. The van der Waals surface area contributed by atoms with Gasteiger partial charge in [-0.2, -0.15) is 13.2 Å². The minimum atomic E-state index is -4.65. The van der Waals surface area contributed by atoms with Crippen LogP contribution in [-0.4, -0.2) is 35.0 Å². The Hall–Kier alpha value is -3.39. The lowest BCUT2D eigenvalue weighted by Crippen LogP contribution is -2.56. The summed E-state index contributed by atoms with van der Waals surface area (Å²) in [5.41, 5.74) is -0.0757. The van der Waals surface area contributed by atoms with Crippen LogP contribution in [0.1, 0.15) is 37.0 Å². The van der Waals surface area contributed by atoms with E-state index in [2.05, 4.69) is 0 Å². The van der Waals surface area contributed by atoms with E-state index in [0.29, 0.717) is 17.1 Å². The highest BCUT2D eigenvalue weighted by Gasteiger charge is 2.45. The lowest BCUT2D eigenvalue weighted by molar-refractivity contribution is -0.119. The van der Waals surface area contributed by atoms with Crippen LogP contribution in [0.2, 0.25) is 5.02 Å². The molecule has 37 heavy (non-hydrogen) atoms. The maximum atomic E-state index is 13.8. The molecule has 0 N–H and O–H groups in total. The normalized spacial score (nSPS) is 21.5. The number of carbonyl (C=O) groups excluding carboxylic acids is 2. The third kappa shape index (κ3) is 5.49. The Labute approximate surface area is 217 Å². The minimum Gasteiger partial charge on any atom is -0.309 e. The molecule has 0 aromatic heterocycles. The molecule has 1 heterocycles. The Morgan fingerprint density at radius 1 is 1.08 bits per heavy atom. The molecule has 4 rings (SSSR count). The zero-order valence-electron chi connectivity index (χ0n) is 20.2. The van der Waals surface area contributed by atoms with Crippen molar-refractivity contribution in [1.29, 1.82) is 0 Å². The fraction of sp³-hybridized carbons (Fsp3) is 0.286. The fourth-order valence-electron chi connectivity index (χ4n) is 4.88. The number of fused-ring (bicyclic) bond motifs is 1. The van der Waals surface area contributed by atoms with Crippen molar-refractivity contribution >= 4 is 29.1 Å². The number of nitrogens with zero attached hydrogens (tertiary/aromatic N) is 2. The first-order valence-electron chi connectivity index (χ1n) is 11.8. The maximum Gasteiger partial charge on any atom is 0.416 e. The summed E-state index contributed by atoms with van der Waals surface area (Å²) in [6, 6.07) is 10.4. The Balaban J connectivity index is 1.84. The maximum absolute atomic E-state index is 13.8. The van der Waals surface area contributed by atoms with Gasteiger partial charge < -0.3 is 9.80 Å². The number of anilines is 1. The van der Waals surface area contributed by atoms with Gasteiger partial charge in [-0.25, -0.2) is 4.39 Å². The molecule has 0 bridgehead atoms. The van der Waals surface area contributed by atoms with Gasteiger partial charge in [0.15, 0.2) is 0 Å². The largest absolute Gasteiger partial charge is 0.416 e. The molecule has 2 aromatic rings. The average Bonchev–Trinajstić information content (AvgIpc) is 3.09. The average molecular weight is 533 g/mol. The van der Waals surface area contributed by atoms with Gasteiger partial charge in [0, 0.05) is 40.4 Å². The number of hydrogen-bond acceptors (Lipinski definition) is 2. The van der Waals surface area contributed by atoms with Crippen LogP contribution >= 0.6 is 11.6 Å². The summed E-state index contributed by atoms with van der Waals surface area (Å²) in [5.74, 6) is -2.00. The van der Waals surface area contributed by atoms with Crippen molar-refractivity contribution in [3.05, 3.63) is 101 Å². The molecule has 2 aliphatic rings. The second-order valence-electron chi connectivity index (χ2n) is 9.03. The monoisotopic (exact) mass is 532 g/mol.